The van der Waals surface area contributed by atoms with E-state index in [2.05, 4.69) is 15.3 Å². The predicted molar refractivity (Wildman–Crippen MR) is 114 cm³/mol. The van der Waals surface area contributed by atoms with Crippen molar-refractivity contribution in [2.75, 3.05) is 13.6 Å². The van der Waals surface area contributed by atoms with Crippen molar-refractivity contribution in [1.29, 1.82) is 0 Å². The number of aromatic amines is 2. The summed E-state index contributed by atoms with van der Waals surface area (Å²) in [6.45, 7) is 0.466. The van der Waals surface area contributed by atoms with Crippen LogP contribution in [-0.2, 0) is 6.54 Å². The third-order valence-corrected chi connectivity index (χ3v) is 6.19. The van der Waals surface area contributed by atoms with Crippen molar-refractivity contribution in [3.63, 3.8) is 0 Å². The first-order valence-corrected chi connectivity index (χ1v) is 10.3. The quantitative estimate of drug-likeness (QED) is 0.386. The normalized spacial score (nSPS) is 15.8. The molecule has 34 heavy (non-hydrogen) atoms. The van der Waals surface area contributed by atoms with Gasteiger partial charge in [-0.2, -0.15) is 0 Å². The molecule has 0 radical (unpaired) electrons. The van der Waals surface area contributed by atoms with Crippen molar-refractivity contribution in [3.8, 4) is 0 Å². The molecule has 1 amide bonds. The van der Waals surface area contributed by atoms with Gasteiger partial charge in [0.25, 0.3) is 17.9 Å². The fourth-order valence-corrected chi connectivity index (χ4v) is 4.55. The summed E-state index contributed by atoms with van der Waals surface area (Å²) in [5.74, 6) is -3.99. The molecule has 0 unspecified atom stereocenters. The van der Waals surface area contributed by atoms with Crippen LogP contribution in [0.15, 0.2) is 35.1 Å². The maximum Gasteiger partial charge on any atom is 0.270 e. The number of nitrogens with one attached hydrogen (secondary N) is 3. The zero-order valence-electron chi connectivity index (χ0n) is 17.6. The van der Waals surface area contributed by atoms with Crippen molar-refractivity contribution in [2.24, 2.45) is 0 Å². The Labute approximate surface area is 188 Å². The van der Waals surface area contributed by atoms with Gasteiger partial charge in [-0.05, 0) is 35.7 Å². The molecule has 3 N–H and O–H groups in total. The molecule has 3 heterocycles. The highest BCUT2D eigenvalue weighted by Gasteiger charge is 2.31. The van der Waals surface area contributed by atoms with E-state index in [-0.39, 0.29) is 40.5 Å². The molecule has 1 aliphatic rings. The lowest BCUT2D eigenvalue weighted by Gasteiger charge is -2.34. The second kappa shape index (κ2) is 7.94. The highest BCUT2D eigenvalue weighted by Crippen LogP contribution is 2.34. The van der Waals surface area contributed by atoms with Gasteiger partial charge < -0.3 is 20.2 Å². The van der Waals surface area contributed by atoms with Crippen molar-refractivity contribution < 1.29 is 26.7 Å². The number of likely N-dealkylation sites (N-methyl/N-ethyl adjacent to an activating group) is 1. The van der Waals surface area contributed by atoms with Crippen LogP contribution < -0.4 is 10.9 Å². The summed E-state index contributed by atoms with van der Waals surface area (Å²) in [6.07, 6.45) is -3.08. The van der Waals surface area contributed by atoms with Crippen LogP contribution in [0.25, 0.3) is 21.7 Å². The molecule has 0 saturated carbocycles. The monoisotopic (exact) mass is 476 g/mol. The molecule has 0 fully saturated rings. The second-order valence-corrected chi connectivity index (χ2v) is 8.13. The number of H-pyrrole nitrogens is 2. The number of hydrogen-bond donors (Lipinski definition) is 3. The van der Waals surface area contributed by atoms with Crippen molar-refractivity contribution in [3.05, 3.63) is 80.7 Å². The van der Waals surface area contributed by atoms with Gasteiger partial charge >= 0.3 is 0 Å². The molecule has 11 heteroatoms. The van der Waals surface area contributed by atoms with Crippen molar-refractivity contribution >= 4 is 27.6 Å². The van der Waals surface area contributed by atoms with Gasteiger partial charge in [-0.1, -0.05) is 0 Å². The standard InChI is InChI=1S/C23H17F5N4O2/c1-32(23(34)16-6-11-15(30-16)3-2-12(24)19(11)21(27)28)18-8-29-7-17-20(18)9-4-13(25)14(26)5-10(9)22(33)31-17/h2-6,18,21,29-30H,7-8H2,1H3,(H,31,33)/t18-/m0/s1. The van der Waals surface area contributed by atoms with Crippen LogP contribution in [0.1, 0.15) is 39.8 Å². The van der Waals surface area contributed by atoms with E-state index in [0.717, 1.165) is 24.3 Å². The van der Waals surface area contributed by atoms with Crippen LogP contribution in [0.4, 0.5) is 22.0 Å². The molecule has 176 valence electrons. The average Bonchev–Trinajstić information content (AvgIpc) is 3.22. The number of amides is 1. The third kappa shape index (κ3) is 3.35. The first-order valence-electron chi connectivity index (χ1n) is 10.3. The summed E-state index contributed by atoms with van der Waals surface area (Å²) in [5.41, 5.74) is -0.426. The van der Waals surface area contributed by atoms with E-state index in [9.17, 15) is 31.5 Å². The Hall–Kier alpha value is -3.73. The number of benzene rings is 2. The van der Waals surface area contributed by atoms with Gasteiger partial charge in [-0.15, -0.1) is 0 Å². The minimum atomic E-state index is -3.08. The molecule has 5 rings (SSSR count). The number of nitrogens with zero attached hydrogens (tertiary/aromatic N) is 1. The topological polar surface area (TPSA) is 81.0 Å². The molecule has 1 atom stereocenters. The Bertz CT molecular complexity index is 1530. The zero-order chi connectivity index (χ0) is 24.3. The van der Waals surface area contributed by atoms with Gasteiger partial charge in [0.1, 0.15) is 11.5 Å². The highest BCUT2D eigenvalue weighted by molar-refractivity contribution is 5.99. The van der Waals surface area contributed by atoms with E-state index < -0.39 is 46.9 Å². The molecule has 0 saturated heterocycles. The molecular formula is C23H17F5N4O2. The van der Waals surface area contributed by atoms with Gasteiger partial charge in [0.2, 0.25) is 0 Å². The molecule has 2 aromatic heterocycles. The van der Waals surface area contributed by atoms with E-state index in [4.69, 9.17) is 0 Å². The Kier molecular flexibility index (Phi) is 5.16. The SMILES string of the molecule is CN(C(=O)c1cc2c(C(F)F)c(F)ccc2[nH]1)[C@H]1CNCc2[nH]c(=O)c3cc(F)c(F)cc3c21. The molecule has 4 aromatic rings. The summed E-state index contributed by atoms with van der Waals surface area (Å²) in [6, 6.07) is 4.35. The number of halogens is 5. The van der Waals surface area contributed by atoms with Gasteiger partial charge in [0, 0.05) is 42.3 Å². The molecule has 2 aromatic carbocycles. The van der Waals surface area contributed by atoms with E-state index in [0.29, 0.717) is 11.3 Å². The fourth-order valence-electron chi connectivity index (χ4n) is 4.55. The number of alkyl halides is 2. The summed E-state index contributed by atoms with van der Waals surface area (Å²) in [5, 5.41) is 3.06. The highest BCUT2D eigenvalue weighted by atomic mass is 19.3. The van der Waals surface area contributed by atoms with E-state index in [1.807, 2.05) is 0 Å². The maximum absolute atomic E-state index is 14.1. The van der Waals surface area contributed by atoms with Crippen LogP contribution >= 0.6 is 0 Å². The van der Waals surface area contributed by atoms with Crippen LogP contribution in [0, 0.1) is 17.5 Å². The molecule has 0 bridgehead atoms. The number of aromatic nitrogens is 2. The van der Waals surface area contributed by atoms with Gasteiger partial charge in [-0.3, -0.25) is 9.59 Å². The molecular weight excluding hydrogens is 459 g/mol. The fraction of sp³-hybridized carbons (Fsp3) is 0.217. The molecule has 6 nitrogen and oxygen atoms in total. The Morgan fingerprint density at radius 2 is 1.71 bits per heavy atom. The number of carbonyl (C=O) groups excluding carboxylic acids is 1. The van der Waals surface area contributed by atoms with Crippen LogP contribution in [0.5, 0.6) is 0 Å². The molecule has 1 aliphatic heterocycles. The minimum Gasteiger partial charge on any atom is -0.351 e. The van der Waals surface area contributed by atoms with Gasteiger partial charge in [0.15, 0.2) is 11.6 Å². The summed E-state index contributed by atoms with van der Waals surface area (Å²) in [4.78, 5) is 32.4. The van der Waals surface area contributed by atoms with Crippen LogP contribution in [0.2, 0.25) is 0 Å². The van der Waals surface area contributed by atoms with Crippen LogP contribution in [0.3, 0.4) is 0 Å². The van der Waals surface area contributed by atoms with Crippen molar-refractivity contribution in [1.82, 2.24) is 20.2 Å². The van der Waals surface area contributed by atoms with E-state index >= 15 is 0 Å². The summed E-state index contributed by atoms with van der Waals surface area (Å²) < 4.78 is 68.6. The Balaban J connectivity index is 1.61. The summed E-state index contributed by atoms with van der Waals surface area (Å²) >= 11 is 0. The first kappa shape index (κ1) is 22.1. The number of hydrogen-bond acceptors (Lipinski definition) is 3. The smallest absolute Gasteiger partial charge is 0.270 e. The van der Waals surface area contributed by atoms with Gasteiger partial charge in [0.05, 0.1) is 17.0 Å². The minimum absolute atomic E-state index is 0.0527. The van der Waals surface area contributed by atoms with E-state index in [1.165, 1.54) is 18.0 Å². The zero-order valence-corrected chi connectivity index (χ0v) is 17.6. The Morgan fingerprint density at radius 3 is 2.41 bits per heavy atom. The largest absolute Gasteiger partial charge is 0.351 e. The molecule has 0 spiro atoms. The maximum atomic E-state index is 14.1. The number of fused-ring (bicyclic) bond motifs is 4. The average molecular weight is 476 g/mol. The van der Waals surface area contributed by atoms with E-state index in [1.54, 1.807) is 0 Å². The lowest BCUT2D eigenvalue weighted by molar-refractivity contribution is 0.0718. The van der Waals surface area contributed by atoms with Crippen molar-refractivity contribution in [2.45, 2.75) is 19.0 Å². The lowest BCUT2D eigenvalue weighted by Crippen LogP contribution is -2.42. The number of pyridine rings is 1. The predicted octanol–water partition coefficient (Wildman–Crippen LogP) is 4.28. The van der Waals surface area contributed by atoms with Gasteiger partial charge in [-0.25, -0.2) is 22.0 Å². The summed E-state index contributed by atoms with van der Waals surface area (Å²) in [7, 11) is 1.46. The number of carbonyl (C=O) groups is 1. The van der Waals surface area contributed by atoms with Crippen LogP contribution in [-0.4, -0.2) is 34.4 Å². The lowest BCUT2D eigenvalue weighted by atomic mass is 9.93. The second-order valence-electron chi connectivity index (χ2n) is 8.13. The number of rotatable bonds is 3. The molecule has 0 aliphatic carbocycles. The third-order valence-electron chi connectivity index (χ3n) is 6.19. The first-order chi connectivity index (χ1) is 16.2. The Morgan fingerprint density at radius 1 is 1.00 bits per heavy atom.